The molecular weight excluding hydrogens is 404 g/mol. The molecule has 0 N–H and O–H groups in total. The van der Waals surface area contributed by atoms with Crippen molar-refractivity contribution in [2.24, 2.45) is 5.10 Å². The highest BCUT2D eigenvalue weighted by molar-refractivity contribution is 6.02. The van der Waals surface area contributed by atoms with E-state index in [9.17, 15) is 0 Å². The number of fused-ring (bicyclic) bond motifs is 3. The van der Waals surface area contributed by atoms with Gasteiger partial charge in [-0.1, -0.05) is 24.3 Å². The predicted molar refractivity (Wildman–Crippen MR) is 123 cm³/mol. The molecule has 3 aromatic rings. The predicted octanol–water partition coefficient (Wildman–Crippen LogP) is 5.34. The van der Waals surface area contributed by atoms with Gasteiger partial charge in [-0.2, -0.15) is 5.10 Å². The molecule has 0 bridgehead atoms. The first-order valence-corrected chi connectivity index (χ1v) is 10.8. The lowest BCUT2D eigenvalue weighted by Crippen LogP contribution is -2.33. The number of rotatable bonds is 6. The molecule has 0 fully saturated rings. The molecule has 5 rings (SSSR count). The van der Waals surface area contributed by atoms with E-state index in [1.54, 1.807) is 14.2 Å². The van der Waals surface area contributed by atoms with Gasteiger partial charge >= 0.3 is 0 Å². The van der Waals surface area contributed by atoms with Crippen LogP contribution in [0.4, 0.5) is 0 Å². The van der Waals surface area contributed by atoms with E-state index in [0.29, 0.717) is 6.61 Å². The van der Waals surface area contributed by atoms with E-state index in [1.807, 2.05) is 55.5 Å². The second-order valence-corrected chi connectivity index (χ2v) is 7.73. The maximum atomic E-state index is 6.51. The fourth-order valence-corrected chi connectivity index (χ4v) is 4.34. The fourth-order valence-electron chi connectivity index (χ4n) is 4.34. The third-order valence-electron chi connectivity index (χ3n) is 5.88. The Bertz CT molecular complexity index is 1140. The number of methoxy groups -OCH3 is 2. The van der Waals surface area contributed by atoms with Gasteiger partial charge in [0.25, 0.3) is 0 Å². The van der Waals surface area contributed by atoms with Gasteiger partial charge in [-0.3, -0.25) is 0 Å². The number of hydrogen-bond donors (Lipinski definition) is 0. The summed E-state index contributed by atoms with van der Waals surface area (Å²) in [5.41, 5.74) is 4.15. The minimum Gasteiger partial charge on any atom is -0.497 e. The summed E-state index contributed by atoms with van der Waals surface area (Å²) in [6.45, 7) is 2.63. The van der Waals surface area contributed by atoms with Crippen molar-refractivity contribution in [3.63, 3.8) is 0 Å². The molecule has 3 aromatic carbocycles. The van der Waals surface area contributed by atoms with Crippen LogP contribution in [0.1, 0.15) is 42.3 Å². The molecule has 0 aliphatic carbocycles. The van der Waals surface area contributed by atoms with Crippen LogP contribution in [-0.2, 0) is 0 Å². The van der Waals surface area contributed by atoms with Crippen LogP contribution < -0.4 is 18.9 Å². The Morgan fingerprint density at radius 3 is 2.53 bits per heavy atom. The van der Waals surface area contributed by atoms with Crippen LogP contribution in [0.3, 0.4) is 0 Å². The van der Waals surface area contributed by atoms with Crippen LogP contribution in [0, 0.1) is 0 Å². The standard InChI is InChI=1S/C26H26N2O4/c1-4-31-19-13-11-17(12-14-19)22-16-23-21-9-6-10-24(30-3)25(21)32-26(28(23)27-22)18-7-5-8-20(15-18)29-2/h5-15,23,26H,4,16H2,1-3H3/t23-,26+/m1/s1. The van der Waals surface area contributed by atoms with Gasteiger partial charge in [0, 0.05) is 17.5 Å². The average molecular weight is 431 g/mol. The molecule has 0 unspecified atom stereocenters. The number of hydrazone groups is 1. The summed E-state index contributed by atoms with van der Waals surface area (Å²) in [4.78, 5) is 0. The Hall–Kier alpha value is -3.67. The Balaban J connectivity index is 1.56. The molecule has 2 atom stereocenters. The van der Waals surface area contributed by atoms with Crippen molar-refractivity contribution >= 4 is 5.71 Å². The van der Waals surface area contributed by atoms with Crippen LogP contribution >= 0.6 is 0 Å². The third-order valence-corrected chi connectivity index (χ3v) is 5.88. The first kappa shape index (κ1) is 20.2. The van der Waals surface area contributed by atoms with Gasteiger partial charge < -0.3 is 18.9 Å². The molecule has 0 saturated carbocycles. The van der Waals surface area contributed by atoms with Crippen LogP contribution in [0.25, 0.3) is 0 Å². The fraction of sp³-hybridized carbons (Fsp3) is 0.269. The molecule has 6 heteroatoms. The van der Waals surface area contributed by atoms with Crippen molar-refractivity contribution < 1.29 is 18.9 Å². The second kappa shape index (κ2) is 8.46. The molecule has 0 spiro atoms. The van der Waals surface area contributed by atoms with E-state index in [0.717, 1.165) is 51.8 Å². The highest BCUT2D eigenvalue weighted by Crippen LogP contribution is 2.50. The zero-order valence-electron chi connectivity index (χ0n) is 18.4. The molecule has 2 heterocycles. The minimum absolute atomic E-state index is 0.0478. The quantitative estimate of drug-likeness (QED) is 0.528. The van der Waals surface area contributed by atoms with E-state index < -0.39 is 0 Å². The van der Waals surface area contributed by atoms with Gasteiger partial charge in [-0.25, -0.2) is 5.01 Å². The van der Waals surface area contributed by atoms with Gasteiger partial charge in [0.2, 0.25) is 6.23 Å². The lowest BCUT2D eigenvalue weighted by Gasteiger charge is -2.38. The largest absolute Gasteiger partial charge is 0.497 e. The average Bonchev–Trinajstić information content (AvgIpc) is 3.29. The normalized spacial score (nSPS) is 18.8. The van der Waals surface area contributed by atoms with Crippen LogP contribution in [-0.4, -0.2) is 31.5 Å². The number of para-hydroxylation sites is 1. The number of ether oxygens (including phenoxy) is 4. The van der Waals surface area contributed by atoms with Crippen LogP contribution in [0.2, 0.25) is 0 Å². The first-order chi connectivity index (χ1) is 15.7. The molecule has 0 radical (unpaired) electrons. The molecule has 2 aliphatic rings. The molecule has 2 aliphatic heterocycles. The summed E-state index contributed by atoms with van der Waals surface area (Å²) < 4.78 is 23.2. The van der Waals surface area contributed by atoms with Gasteiger partial charge in [0.05, 0.1) is 32.6 Å². The summed E-state index contributed by atoms with van der Waals surface area (Å²) in [7, 11) is 3.34. The monoisotopic (exact) mass is 430 g/mol. The van der Waals surface area contributed by atoms with Crippen molar-refractivity contribution in [3.05, 3.63) is 83.4 Å². The van der Waals surface area contributed by atoms with E-state index in [4.69, 9.17) is 24.0 Å². The molecule has 164 valence electrons. The summed E-state index contributed by atoms with van der Waals surface area (Å²) in [6, 6.07) is 22.1. The first-order valence-electron chi connectivity index (χ1n) is 10.8. The highest BCUT2D eigenvalue weighted by Gasteiger charge is 2.42. The highest BCUT2D eigenvalue weighted by atomic mass is 16.5. The topological polar surface area (TPSA) is 52.5 Å². The number of hydrogen-bond acceptors (Lipinski definition) is 6. The number of benzene rings is 3. The van der Waals surface area contributed by atoms with Gasteiger partial charge in [0.15, 0.2) is 11.5 Å². The Labute approximate surface area is 188 Å². The Kier molecular flexibility index (Phi) is 5.35. The van der Waals surface area contributed by atoms with Crippen molar-refractivity contribution in [2.75, 3.05) is 20.8 Å². The molecule has 0 amide bonds. The van der Waals surface area contributed by atoms with E-state index in [-0.39, 0.29) is 12.3 Å². The molecule has 6 nitrogen and oxygen atoms in total. The van der Waals surface area contributed by atoms with Crippen molar-refractivity contribution in [2.45, 2.75) is 25.6 Å². The maximum absolute atomic E-state index is 6.51. The van der Waals surface area contributed by atoms with Gasteiger partial charge in [0.1, 0.15) is 11.5 Å². The number of nitrogens with zero attached hydrogens (tertiary/aromatic N) is 2. The SMILES string of the molecule is CCOc1ccc(C2=NN3[C@H](C2)c2cccc(OC)c2O[C@H]3c2cccc(OC)c2)cc1. The maximum Gasteiger partial charge on any atom is 0.214 e. The summed E-state index contributed by atoms with van der Waals surface area (Å²) >= 11 is 0. The van der Waals surface area contributed by atoms with Crippen LogP contribution in [0.5, 0.6) is 23.0 Å². The van der Waals surface area contributed by atoms with E-state index in [1.165, 1.54) is 0 Å². The third kappa shape index (κ3) is 3.51. The Morgan fingerprint density at radius 2 is 1.78 bits per heavy atom. The van der Waals surface area contributed by atoms with E-state index in [2.05, 4.69) is 23.2 Å². The zero-order chi connectivity index (χ0) is 22.1. The lowest BCUT2D eigenvalue weighted by molar-refractivity contribution is -0.0210. The molecule has 32 heavy (non-hydrogen) atoms. The minimum atomic E-state index is -0.390. The summed E-state index contributed by atoms with van der Waals surface area (Å²) in [6.07, 6.45) is 0.386. The lowest BCUT2D eigenvalue weighted by atomic mass is 9.95. The zero-order valence-corrected chi connectivity index (χ0v) is 18.4. The van der Waals surface area contributed by atoms with Crippen LogP contribution in [0.15, 0.2) is 71.8 Å². The smallest absolute Gasteiger partial charge is 0.214 e. The molecule has 0 aromatic heterocycles. The van der Waals surface area contributed by atoms with Crippen molar-refractivity contribution in [3.8, 4) is 23.0 Å². The molecular formula is C26H26N2O4. The summed E-state index contributed by atoms with van der Waals surface area (Å²) in [5, 5.41) is 7.08. The van der Waals surface area contributed by atoms with Crippen molar-refractivity contribution in [1.29, 1.82) is 0 Å². The van der Waals surface area contributed by atoms with Crippen molar-refractivity contribution in [1.82, 2.24) is 5.01 Å². The molecule has 0 saturated heterocycles. The summed E-state index contributed by atoms with van der Waals surface area (Å²) in [5.74, 6) is 3.14. The second-order valence-electron chi connectivity index (χ2n) is 7.73. The Morgan fingerprint density at radius 1 is 0.969 bits per heavy atom. The van der Waals surface area contributed by atoms with E-state index >= 15 is 0 Å². The van der Waals surface area contributed by atoms with Gasteiger partial charge in [-0.05, 0) is 55.0 Å². The van der Waals surface area contributed by atoms with Gasteiger partial charge in [-0.15, -0.1) is 0 Å².